The molecule has 324 valence electrons. The van der Waals surface area contributed by atoms with Gasteiger partial charge in [0.2, 0.25) is 5.91 Å². The van der Waals surface area contributed by atoms with Crippen molar-refractivity contribution in [2.24, 2.45) is 7.05 Å². The highest BCUT2D eigenvalue weighted by Crippen LogP contribution is 2.31. The van der Waals surface area contributed by atoms with E-state index in [0.717, 1.165) is 41.9 Å². The smallest absolute Gasteiger partial charge is 0.416 e. The maximum atomic E-state index is 14.1. The van der Waals surface area contributed by atoms with Crippen LogP contribution in [0.4, 0.5) is 17.6 Å². The number of halogens is 4. The monoisotopic (exact) mass is 850 g/mol. The molecule has 5 rings (SSSR count). The van der Waals surface area contributed by atoms with Gasteiger partial charge in [-0.2, -0.15) is 23.3 Å². The number of alkyl halides is 3. The van der Waals surface area contributed by atoms with Crippen molar-refractivity contribution < 1.29 is 52.4 Å². The second-order valence-electron chi connectivity index (χ2n) is 13.8. The summed E-state index contributed by atoms with van der Waals surface area (Å²) in [4.78, 5) is 55.2. The Morgan fingerprint density at radius 1 is 0.803 bits per heavy atom. The summed E-state index contributed by atoms with van der Waals surface area (Å²) in [6, 6.07) is 18.3. The normalized spacial score (nSPS) is 12.5. The number of aryl methyl sites for hydroxylation is 1. The molecule has 0 aliphatic heterocycles. The minimum absolute atomic E-state index is 0.0989. The molecule has 14 nitrogen and oxygen atoms in total. The van der Waals surface area contributed by atoms with Crippen LogP contribution in [0.1, 0.15) is 47.5 Å². The second-order valence-corrected chi connectivity index (χ2v) is 13.8. The SMILES string of the molecule is CCN(CC)CCN(Cc1ccc(-c2ccc(C(F)(F)F)cc2)cc1)C(=O)Cn1cc(Cc2cnn(C)c2)c(=O)nc1/C=C/c1ccc(F)cc1.O=C(O)[C@H](O)[C@@H](O)C(=O)O. The van der Waals surface area contributed by atoms with Gasteiger partial charge in [0.15, 0.2) is 12.2 Å². The molecular formula is C43H46F4N6O8. The van der Waals surface area contributed by atoms with Crippen LogP contribution in [0.25, 0.3) is 23.3 Å². The lowest BCUT2D eigenvalue weighted by molar-refractivity contribution is -0.165. The highest BCUT2D eigenvalue weighted by Gasteiger charge is 2.30. The zero-order valence-corrected chi connectivity index (χ0v) is 33.5. The van der Waals surface area contributed by atoms with Crippen LogP contribution < -0.4 is 5.56 Å². The van der Waals surface area contributed by atoms with E-state index in [0.29, 0.717) is 36.3 Å². The molecule has 0 aliphatic rings. The number of aliphatic hydroxyl groups is 2. The summed E-state index contributed by atoms with van der Waals surface area (Å²) >= 11 is 0. The average Bonchev–Trinajstić information content (AvgIpc) is 3.65. The van der Waals surface area contributed by atoms with Gasteiger partial charge in [0.1, 0.15) is 18.2 Å². The summed E-state index contributed by atoms with van der Waals surface area (Å²) < 4.78 is 56.0. The maximum Gasteiger partial charge on any atom is 0.416 e. The van der Waals surface area contributed by atoms with E-state index < -0.39 is 41.4 Å². The number of aliphatic hydroxyl groups excluding tert-OH is 2. The number of benzene rings is 3. The van der Waals surface area contributed by atoms with E-state index in [2.05, 4.69) is 28.8 Å². The van der Waals surface area contributed by atoms with E-state index in [9.17, 15) is 36.7 Å². The van der Waals surface area contributed by atoms with Crippen LogP contribution >= 0.6 is 0 Å². The molecule has 4 N–H and O–H groups in total. The zero-order valence-electron chi connectivity index (χ0n) is 33.5. The number of nitrogens with zero attached hydrogens (tertiary/aromatic N) is 6. The number of amides is 1. The van der Waals surface area contributed by atoms with Crippen LogP contribution in [0.2, 0.25) is 0 Å². The van der Waals surface area contributed by atoms with Gasteiger partial charge in [-0.05, 0) is 71.2 Å². The molecule has 0 saturated carbocycles. The molecule has 3 aromatic carbocycles. The van der Waals surface area contributed by atoms with Crippen LogP contribution in [0.15, 0.2) is 96.2 Å². The van der Waals surface area contributed by atoms with E-state index in [1.54, 1.807) is 57.9 Å². The Hall–Kier alpha value is -6.50. The molecule has 1 amide bonds. The van der Waals surface area contributed by atoms with Crippen molar-refractivity contribution in [1.29, 1.82) is 0 Å². The van der Waals surface area contributed by atoms with Crippen LogP contribution in [0.5, 0.6) is 0 Å². The summed E-state index contributed by atoms with van der Waals surface area (Å²) in [6.07, 6.45) is -0.164. The fraction of sp³-hybridized carbons (Fsp3) is 0.302. The van der Waals surface area contributed by atoms with E-state index in [4.69, 9.17) is 20.4 Å². The highest BCUT2D eigenvalue weighted by molar-refractivity contribution is 5.83. The first-order valence-electron chi connectivity index (χ1n) is 19.0. The molecule has 0 aliphatic carbocycles. The number of carboxylic acids is 2. The Labute approximate surface area is 348 Å². The van der Waals surface area contributed by atoms with E-state index in [1.807, 2.05) is 30.5 Å². The highest BCUT2D eigenvalue weighted by atomic mass is 19.4. The van der Waals surface area contributed by atoms with E-state index in [-0.39, 0.29) is 30.5 Å². The minimum atomic E-state index is -4.41. The molecule has 61 heavy (non-hydrogen) atoms. The number of carbonyl (C=O) groups is 3. The Morgan fingerprint density at radius 2 is 1.38 bits per heavy atom. The molecular weight excluding hydrogens is 804 g/mol. The molecule has 5 aromatic rings. The number of carboxylic acid groups (broad SMARTS) is 2. The largest absolute Gasteiger partial charge is 0.479 e. The van der Waals surface area contributed by atoms with Crippen molar-refractivity contribution in [3.8, 4) is 11.1 Å². The first-order valence-corrected chi connectivity index (χ1v) is 19.0. The lowest BCUT2D eigenvalue weighted by Gasteiger charge is -2.27. The number of rotatable bonds is 17. The summed E-state index contributed by atoms with van der Waals surface area (Å²) in [5, 5.41) is 36.7. The Balaban J connectivity index is 0.000000727. The van der Waals surface area contributed by atoms with Gasteiger partial charge in [-0.3, -0.25) is 14.3 Å². The number of hydrogen-bond acceptors (Lipinski definition) is 9. The number of aromatic nitrogens is 4. The van der Waals surface area contributed by atoms with Crippen molar-refractivity contribution in [3.05, 3.63) is 141 Å². The third kappa shape index (κ3) is 14.0. The molecule has 0 fully saturated rings. The van der Waals surface area contributed by atoms with Crippen LogP contribution in [0, 0.1) is 5.82 Å². The number of hydrogen-bond donors (Lipinski definition) is 4. The van der Waals surface area contributed by atoms with E-state index in [1.165, 1.54) is 24.3 Å². The topological polar surface area (TPSA) is 191 Å². The summed E-state index contributed by atoms with van der Waals surface area (Å²) in [7, 11) is 1.79. The Morgan fingerprint density at radius 3 is 1.89 bits per heavy atom. The molecule has 18 heteroatoms. The van der Waals surface area contributed by atoms with Gasteiger partial charge >= 0.3 is 18.1 Å². The van der Waals surface area contributed by atoms with Gasteiger partial charge in [-0.1, -0.05) is 68.5 Å². The standard InChI is InChI=1S/C39H40F4N6O2.C4H6O6/c1-4-47(5-2)20-21-48(25-29-6-11-31(12-7-29)32-13-15-34(16-14-32)39(41,42)43)37(50)27-49-26-33(22-30-23-44-46(3)24-30)38(51)45-36(49)19-10-28-8-17-35(40)18-9-28;5-1(3(7)8)2(6)4(9)10/h6-19,23-24,26H,4-5,20-22,25,27H2,1-3H3;1-2,5-6H,(H,7,8)(H,9,10)/b19-10+;/t;1-,2-/m.1/s1. The van der Waals surface area contributed by atoms with Gasteiger partial charge in [0, 0.05) is 51.1 Å². The Kier molecular flexibility index (Phi) is 16.8. The van der Waals surface area contributed by atoms with Crippen molar-refractivity contribution in [3.63, 3.8) is 0 Å². The van der Waals surface area contributed by atoms with Crippen LogP contribution in [0.3, 0.4) is 0 Å². The maximum absolute atomic E-state index is 14.1. The minimum Gasteiger partial charge on any atom is -0.479 e. The summed E-state index contributed by atoms with van der Waals surface area (Å²) in [5.74, 6) is -3.82. The number of carbonyl (C=O) groups excluding carboxylic acids is 1. The molecule has 2 atom stereocenters. The molecule has 2 aromatic heterocycles. The lowest BCUT2D eigenvalue weighted by atomic mass is 10.0. The third-order valence-corrected chi connectivity index (χ3v) is 9.46. The van der Waals surface area contributed by atoms with Crippen LogP contribution in [-0.4, -0.2) is 106 Å². The number of likely N-dealkylation sites (N-methyl/N-ethyl adjacent to an activating group) is 1. The fourth-order valence-corrected chi connectivity index (χ4v) is 5.94. The van der Waals surface area contributed by atoms with Crippen molar-refractivity contribution in [2.45, 2.75) is 51.7 Å². The van der Waals surface area contributed by atoms with Crippen molar-refractivity contribution >= 4 is 30.0 Å². The molecule has 0 bridgehead atoms. The van der Waals surface area contributed by atoms with Gasteiger partial charge in [-0.15, -0.1) is 0 Å². The molecule has 0 radical (unpaired) electrons. The van der Waals surface area contributed by atoms with Gasteiger partial charge in [0.05, 0.1) is 11.8 Å². The van der Waals surface area contributed by atoms with Gasteiger partial charge < -0.3 is 34.8 Å². The first-order chi connectivity index (χ1) is 28.9. The quantitative estimate of drug-likeness (QED) is 0.0940. The van der Waals surface area contributed by atoms with Gasteiger partial charge in [0.25, 0.3) is 5.56 Å². The zero-order chi connectivity index (χ0) is 44.9. The predicted octanol–water partition coefficient (Wildman–Crippen LogP) is 4.81. The summed E-state index contributed by atoms with van der Waals surface area (Å²) in [5.41, 5.74) is 3.06. The third-order valence-electron chi connectivity index (χ3n) is 9.46. The molecule has 2 heterocycles. The first kappa shape index (κ1) is 47.2. The molecule has 0 unspecified atom stereocenters. The Bertz CT molecular complexity index is 2310. The fourth-order valence-electron chi connectivity index (χ4n) is 5.94. The van der Waals surface area contributed by atoms with Crippen LogP contribution in [-0.2, 0) is 47.1 Å². The van der Waals surface area contributed by atoms with Crippen molar-refractivity contribution in [1.82, 2.24) is 29.1 Å². The lowest BCUT2D eigenvalue weighted by Crippen LogP contribution is -2.40. The molecule has 0 spiro atoms. The second kappa shape index (κ2) is 21.7. The summed E-state index contributed by atoms with van der Waals surface area (Å²) in [6.45, 7) is 7.05. The van der Waals surface area contributed by atoms with Gasteiger partial charge in [-0.25, -0.2) is 14.0 Å². The number of aliphatic carboxylic acids is 2. The van der Waals surface area contributed by atoms with E-state index >= 15 is 0 Å². The van der Waals surface area contributed by atoms with Crippen molar-refractivity contribution in [2.75, 3.05) is 26.2 Å². The predicted molar refractivity (Wildman–Crippen MR) is 217 cm³/mol. The average molecular weight is 851 g/mol. The molecule has 0 saturated heterocycles.